The summed E-state index contributed by atoms with van der Waals surface area (Å²) in [6.07, 6.45) is 0. The molecule has 1 heterocycles. The van der Waals surface area contributed by atoms with Gasteiger partial charge in [-0.15, -0.1) is 0 Å². The molecule has 3 aromatic carbocycles. The molecule has 0 aliphatic heterocycles. The number of amides is 1. The van der Waals surface area contributed by atoms with Crippen molar-refractivity contribution in [3.63, 3.8) is 0 Å². The molecular weight excluding hydrogens is 422 g/mol. The van der Waals surface area contributed by atoms with Crippen molar-refractivity contribution >= 4 is 50.0 Å². The Morgan fingerprint density at radius 2 is 1.60 bits per heavy atom. The van der Waals surface area contributed by atoms with Crippen LogP contribution in [0.5, 0.6) is 5.75 Å². The largest absolute Gasteiger partial charge is 0.494 e. The van der Waals surface area contributed by atoms with E-state index in [0.29, 0.717) is 38.1 Å². The Bertz CT molecular complexity index is 1220. The van der Waals surface area contributed by atoms with Crippen LogP contribution >= 0.6 is 22.9 Å². The molecule has 30 heavy (non-hydrogen) atoms. The molecule has 0 unspecified atom stereocenters. The van der Waals surface area contributed by atoms with Gasteiger partial charge in [-0.05, 0) is 24.3 Å². The molecule has 0 fully saturated rings. The van der Waals surface area contributed by atoms with Gasteiger partial charge < -0.3 is 4.74 Å². The number of hydrazine groups is 1. The van der Waals surface area contributed by atoms with Crippen LogP contribution < -0.4 is 15.6 Å². The molecule has 1 amide bonds. The van der Waals surface area contributed by atoms with E-state index in [4.69, 9.17) is 16.3 Å². The molecular formula is C22H16ClN3O3S. The molecule has 0 aliphatic rings. The normalized spacial score (nSPS) is 10.6. The van der Waals surface area contributed by atoms with Gasteiger partial charge in [-0.2, -0.15) is 0 Å². The summed E-state index contributed by atoms with van der Waals surface area (Å²) in [5, 5.41) is 1.03. The lowest BCUT2D eigenvalue weighted by Crippen LogP contribution is -2.29. The monoisotopic (exact) mass is 437 g/mol. The van der Waals surface area contributed by atoms with Crippen molar-refractivity contribution in [2.45, 2.75) is 0 Å². The first-order valence-electron chi connectivity index (χ1n) is 8.96. The molecule has 0 bridgehead atoms. The zero-order chi connectivity index (χ0) is 21.1. The van der Waals surface area contributed by atoms with Crippen LogP contribution in [0.25, 0.3) is 10.2 Å². The minimum atomic E-state index is -0.356. The van der Waals surface area contributed by atoms with Crippen molar-refractivity contribution in [2.24, 2.45) is 0 Å². The van der Waals surface area contributed by atoms with Crippen LogP contribution in [0, 0.1) is 0 Å². The Morgan fingerprint density at radius 1 is 0.933 bits per heavy atom. The first kappa shape index (κ1) is 19.9. The van der Waals surface area contributed by atoms with Gasteiger partial charge in [-0.25, -0.2) is 4.98 Å². The lowest BCUT2D eigenvalue weighted by atomic mass is 10.0. The van der Waals surface area contributed by atoms with E-state index in [1.807, 2.05) is 18.2 Å². The summed E-state index contributed by atoms with van der Waals surface area (Å²) in [7, 11) is 1.56. The summed E-state index contributed by atoms with van der Waals surface area (Å²) in [5.74, 6) is 0.149. The van der Waals surface area contributed by atoms with Gasteiger partial charge >= 0.3 is 0 Å². The van der Waals surface area contributed by atoms with Crippen molar-refractivity contribution in [1.29, 1.82) is 0 Å². The van der Waals surface area contributed by atoms with Crippen LogP contribution in [0.1, 0.15) is 26.3 Å². The molecule has 4 aromatic rings. The van der Waals surface area contributed by atoms with E-state index in [1.165, 1.54) is 11.3 Å². The van der Waals surface area contributed by atoms with E-state index >= 15 is 0 Å². The number of nitrogens with one attached hydrogen (secondary N) is 2. The number of anilines is 1. The number of halogens is 1. The number of carbonyl (C=O) groups is 2. The minimum absolute atomic E-state index is 0.0963. The Labute approximate surface area is 181 Å². The summed E-state index contributed by atoms with van der Waals surface area (Å²) in [4.78, 5) is 29.3. The van der Waals surface area contributed by atoms with Gasteiger partial charge in [0.25, 0.3) is 5.91 Å². The molecule has 0 spiro atoms. The Kier molecular flexibility index (Phi) is 5.65. The summed E-state index contributed by atoms with van der Waals surface area (Å²) in [6, 6.07) is 18.9. The summed E-state index contributed by atoms with van der Waals surface area (Å²) >= 11 is 7.52. The molecule has 6 nitrogen and oxygen atoms in total. The second-order valence-corrected chi connectivity index (χ2v) is 7.70. The van der Waals surface area contributed by atoms with Crippen LogP contribution in [-0.2, 0) is 0 Å². The van der Waals surface area contributed by atoms with Crippen molar-refractivity contribution in [2.75, 3.05) is 12.5 Å². The van der Waals surface area contributed by atoms with Crippen LogP contribution in [0.15, 0.2) is 66.7 Å². The highest BCUT2D eigenvalue weighted by molar-refractivity contribution is 7.22. The number of aromatic nitrogens is 1. The first-order valence-corrected chi connectivity index (χ1v) is 10.2. The average molecular weight is 438 g/mol. The predicted molar refractivity (Wildman–Crippen MR) is 119 cm³/mol. The standard InChI is InChI=1S/C22H16ClN3O3S/c1-29-17-12-11-16(23)20-18(17)24-22(30-20)26-25-21(28)15-9-7-14(8-10-15)19(27)13-5-3-2-4-6-13/h2-12H,1H3,(H,24,26)(H,25,28). The van der Waals surface area contributed by atoms with E-state index in [-0.39, 0.29) is 11.7 Å². The molecule has 8 heteroatoms. The van der Waals surface area contributed by atoms with Gasteiger partial charge in [-0.3, -0.25) is 20.4 Å². The number of benzene rings is 3. The van der Waals surface area contributed by atoms with Crippen molar-refractivity contribution in [3.8, 4) is 5.75 Å². The lowest BCUT2D eigenvalue weighted by Gasteiger charge is -2.06. The minimum Gasteiger partial charge on any atom is -0.494 e. The number of carbonyl (C=O) groups excluding carboxylic acids is 2. The molecule has 0 saturated heterocycles. The highest BCUT2D eigenvalue weighted by Gasteiger charge is 2.14. The quantitative estimate of drug-likeness (QED) is 0.329. The highest BCUT2D eigenvalue weighted by Crippen LogP contribution is 2.37. The number of nitrogens with zero attached hydrogens (tertiary/aromatic N) is 1. The fourth-order valence-corrected chi connectivity index (χ4v) is 3.99. The number of rotatable bonds is 6. The lowest BCUT2D eigenvalue weighted by molar-refractivity contribution is 0.0961. The number of ketones is 1. The van der Waals surface area contributed by atoms with E-state index in [0.717, 1.165) is 4.70 Å². The summed E-state index contributed by atoms with van der Waals surface area (Å²) in [5.41, 5.74) is 7.54. The van der Waals surface area contributed by atoms with E-state index in [1.54, 1.807) is 55.6 Å². The fourth-order valence-electron chi connectivity index (χ4n) is 2.88. The summed E-state index contributed by atoms with van der Waals surface area (Å²) in [6.45, 7) is 0. The number of hydrogen-bond acceptors (Lipinski definition) is 6. The molecule has 0 atom stereocenters. The smallest absolute Gasteiger partial charge is 0.269 e. The first-order chi connectivity index (χ1) is 14.6. The Hall–Kier alpha value is -3.42. The number of thiazole rings is 1. The van der Waals surface area contributed by atoms with Gasteiger partial charge in [0.05, 0.1) is 16.8 Å². The topological polar surface area (TPSA) is 80.3 Å². The second-order valence-electron chi connectivity index (χ2n) is 6.30. The van der Waals surface area contributed by atoms with Gasteiger partial charge in [0.1, 0.15) is 11.3 Å². The maximum absolute atomic E-state index is 12.5. The number of methoxy groups -OCH3 is 1. The van der Waals surface area contributed by atoms with Crippen molar-refractivity contribution in [1.82, 2.24) is 10.4 Å². The van der Waals surface area contributed by atoms with Gasteiger partial charge in [0.2, 0.25) is 5.13 Å². The second kappa shape index (κ2) is 8.52. The zero-order valence-corrected chi connectivity index (χ0v) is 17.4. The molecule has 0 saturated carbocycles. The molecule has 2 N–H and O–H groups in total. The third kappa shape index (κ3) is 3.98. The van der Waals surface area contributed by atoms with Crippen molar-refractivity contribution < 1.29 is 14.3 Å². The Morgan fingerprint density at radius 3 is 2.30 bits per heavy atom. The number of fused-ring (bicyclic) bond motifs is 1. The van der Waals surface area contributed by atoms with E-state index < -0.39 is 0 Å². The van der Waals surface area contributed by atoms with Crippen LogP contribution in [0.2, 0.25) is 5.02 Å². The molecule has 4 rings (SSSR count). The third-order valence-electron chi connectivity index (χ3n) is 4.41. The fraction of sp³-hybridized carbons (Fsp3) is 0.0455. The zero-order valence-electron chi connectivity index (χ0n) is 15.8. The maximum atomic E-state index is 12.5. The van der Waals surface area contributed by atoms with Gasteiger partial charge in [0.15, 0.2) is 5.78 Å². The van der Waals surface area contributed by atoms with E-state index in [9.17, 15) is 9.59 Å². The molecule has 0 radical (unpaired) electrons. The average Bonchev–Trinajstić information content (AvgIpc) is 3.23. The third-order valence-corrected chi connectivity index (χ3v) is 5.84. The van der Waals surface area contributed by atoms with E-state index in [2.05, 4.69) is 15.8 Å². The maximum Gasteiger partial charge on any atom is 0.269 e. The van der Waals surface area contributed by atoms with Gasteiger partial charge in [0, 0.05) is 16.7 Å². The Balaban J connectivity index is 1.45. The van der Waals surface area contributed by atoms with Crippen molar-refractivity contribution in [3.05, 3.63) is 88.4 Å². The highest BCUT2D eigenvalue weighted by atomic mass is 35.5. The predicted octanol–water partition coefficient (Wildman–Crippen LogP) is 4.95. The van der Waals surface area contributed by atoms with Crippen LogP contribution in [-0.4, -0.2) is 23.8 Å². The number of hydrogen-bond donors (Lipinski definition) is 2. The molecule has 1 aromatic heterocycles. The van der Waals surface area contributed by atoms with Crippen LogP contribution in [0.3, 0.4) is 0 Å². The summed E-state index contributed by atoms with van der Waals surface area (Å²) < 4.78 is 6.06. The SMILES string of the molecule is COc1ccc(Cl)c2sc(NNC(=O)c3ccc(C(=O)c4ccccc4)cc3)nc12. The molecule has 150 valence electrons. The van der Waals surface area contributed by atoms with Crippen LogP contribution in [0.4, 0.5) is 5.13 Å². The number of ether oxygens (including phenoxy) is 1. The molecule has 0 aliphatic carbocycles. The van der Waals surface area contributed by atoms with Gasteiger partial charge in [-0.1, -0.05) is 65.4 Å².